The van der Waals surface area contributed by atoms with E-state index in [0.717, 1.165) is 4.31 Å². The van der Waals surface area contributed by atoms with Crippen LogP contribution in [0.1, 0.15) is 17.4 Å². The van der Waals surface area contributed by atoms with Gasteiger partial charge in [0.1, 0.15) is 10.6 Å². The summed E-state index contributed by atoms with van der Waals surface area (Å²) in [6, 6.07) is 7.88. The molecule has 0 radical (unpaired) electrons. The molecule has 1 aliphatic rings. The molecule has 3 rings (SSSR count). The zero-order valence-corrected chi connectivity index (χ0v) is 12.1. The summed E-state index contributed by atoms with van der Waals surface area (Å²) in [5.41, 5.74) is 0.746. The summed E-state index contributed by atoms with van der Waals surface area (Å²) in [6.45, 7) is 1.69. The van der Waals surface area contributed by atoms with Crippen LogP contribution >= 0.6 is 11.6 Å². The van der Waals surface area contributed by atoms with Crippen LogP contribution in [0, 0.1) is 0 Å². The van der Waals surface area contributed by atoms with Gasteiger partial charge in [0.05, 0.1) is 5.69 Å². The highest BCUT2D eigenvalue weighted by atomic mass is 35.5. The van der Waals surface area contributed by atoms with Crippen molar-refractivity contribution in [2.45, 2.75) is 11.8 Å². The average Bonchev–Trinajstić information content (AvgIpc) is 2.85. The highest BCUT2D eigenvalue weighted by molar-refractivity contribution is 7.89. The Kier molecular flexibility index (Phi) is 2.88. The number of carbonyl (C=O) groups excluding carboxylic acids is 1. The Labute approximate surface area is 121 Å². The molecular weight excluding hydrogens is 300 g/mol. The minimum absolute atomic E-state index is 0.0372. The molecule has 5 nitrogen and oxygen atoms in total. The summed E-state index contributed by atoms with van der Waals surface area (Å²) >= 11 is 5.91. The van der Waals surface area contributed by atoms with E-state index >= 15 is 0 Å². The molecule has 0 atom stereocenters. The van der Waals surface area contributed by atoms with Crippen LogP contribution in [0.4, 0.5) is 0 Å². The predicted octanol–water partition coefficient (Wildman–Crippen LogP) is 2.30. The van der Waals surface area contributed by atoms with Gasteiger partial charge in [-0.1, -0.05) is 11.6 Å². The van der Waals surface area contributed by atoms with Crippen LogP contribution in [0.25, 0.3) is 5.69 Å². The molecule has 104 valence electrons. The molecular formula is C13H11ClN2O3S. The number of hydrogen-bond donors (Lipinski definition) is 0. The molecule has 20 heavy (non-hydrogen) atoms. The lowest BCUT2D eigenvalue weighted by atomic mass is 10.3. The molecule has 1 amide bonds. The van der Waals surface area contributed by atoms with E-state index in [1.165, 1.54) is 6.07 Å². The van der Waals surface area contributed by atoms with E-state index in [1.807, 2.05) is 0 Å². The van der Waals surface area contributed by atoms with E-state index in [2.05, 4.69) is 0 Å². The molecule has 7 heteroatoms. The lowest BCUT2D eigenvalue weighted by Gasteiger charge is -2.18. The van der Waals surface area contributed by atoms with Crippen molar-refractivity contribution in [1.29, 1.82) is 0 Å². The van der Waals surface area contributed by atoms with Crippen molar-refractivity contribution in [2.24, 2.45) is 0 Å². The van der Waals surface area contributed by atoms with Crippen LogP contribution in [-0.2, 0) is 10.0 Å². The van der Waals surface area contributed by atoms with E-state index in [1.54, 1.807) is 42.0 Å². The molecule has 2 aromatic rings. The number of amides is 1. The first-order valence-electron chi connectivity index (χ1n) is 6.01. The van der Waals surface area contributed by atoms with Gasteiger partial charge in [0, 0.05) is 17.8 Å². The van der Waals surface area contributed by atoms with E-state index in [-0.39, 0.29) is 11.4 Å². The molecule has 1 aromatic heterocycles. The molecule has 0 fully saturated rings. The van der Waals surface area contributed by atoms with Crippen LogP contribution in [-0.4, -0.2) is 29.7 Å². The number of nitrogens with zero attached hydrogens (tertiary/aromatic N) is 2. The number of benzene rings is 1. The minimum Gasteiger partial charge on any atom is -0.311 e. The number of fused-ring (bicyclic) bond motifs is 3. The number of rotatable bonds is 1. The van der Waals surface area contributed by atoms with Gasteiger partial charge in [-0.3, -0.25) is 4.79 Å². The van der Waals surface area contributed by atoms with Crippen LogP contribution < -0.4 is 0 Å². The molecule has 0 bridgehead atoms. The van der Waals surface area contributed by atoms with Gasteiger partial charge in [0.2, 0.25) is 0 Å². The lowest BCUT2D eigenvalue weighted by Crippen LogP contribution is -2.35. The average molecular weight is 311 g/mol. The van der Waals surface area contributed by atoms with Gasteiger partial charge in [-0.2, -0.15) is 0 Å². The van der Waals surface area contributed by atoms with Crippen LogP contribution in [0.15, 0.2) is 41.4 Å². The molecule has 1 aliphatic heterocycles. The lowest BCUT2D eigenvalue weighted by molar-refractivity contribution is 0.0861. The summed E-state index contributed by atoms with van der Waals surface area (Å²) in [7, 11) is -3.90. The van der Waals surface area contributed by atoms with Crippen molar-refractivity contribution in [3.05, 3.63) is 47.2 Å². The third-order valence-electron chi connectivity index (χ3n) is 3.23. The SMILES string of the molecule is CCN1C(=O)c2cccn2-c2ccc(Cl)cc2S1(=O)=O. The maximum atomic E-state index is 12.6. The second kappa shape index (κ2) is 4.36. The standard InChI is InChI=1S/C13H11ClN2O3S/c1-2-16-13(17)11-4-3-7-15(11)10-6-5-9(14)8-12(10)20(16,18)19/h3-8H,2H2,1H3. The number of sulfonamides is 1. The van der Waals surface area contributed by atoms with Gasteiger partial charge in [0.15, 0.2) is 0 Å². The molecule has 0 spiro atoms. The largest absolute Gasteiger partial charge is 0.311 e. The smallest absolute Gasteiger partial charge is 0.284 e. The quantitative estimate of drug-likeness (QED) is 0.812. The maximum Gasteiger partial charge on any atom is 0.284 e. The van der Waals surface area contributed by atoms with E-state index in [4.69, 9.17) is 11.6 Å². The maximum absolute atomic E-state index is 12.6. The zero-order valence-electron chi connectivity index (χ0n) is 10.6. The molecule has 0 N–H and O–H groups in total. The second-order valence-corrected chi connectivity index (χ2v) is 6.62. The normalized spacial score (nSPS) is 16.5. The summed E-state index contributed by atoms with van der Waals surface area (Å²) in [4.78, 5) is 12.4. The summed E-state index contributed by atoms with van der Waals surface area (Å²) in [5.74, 6) is -0.537. The van der Waals surface area contributed by atoms with Gasteiger partial charge < -0.3 is 4.57 Å². The topological polar surface area (TPSA) is 59.4 Å². The first-order chi connectivity index (χ1) is 9.46. The fourth-order valence-corrected chi connectivity index (χ4v) is 4.16. The fraction of sp³-hybridized carbons (Fsp3) is 0.154. The summed E-state index contributed by atoms with van der Waals surface area (Å²) in [6.07, 6.45) is 1.66. The number of carbonyl (C=O) groups is 1. The number of aromatic nitrogens is 1. The fourth-order valence-electron chi connectivity index (χ4n) is 2.33. The van der Waals surface area contributed by atoms with Crippen molar-refractivity contribution in [3.8, 4) is 5.69 Å². The summed E-state index contributed by atoms with van der Waals surface area (Å²) < 4.78 is 27.7. The van der Waals surface area contributed by atoms with Crippen LogP contribution in [0.2, 0.25) is 5.02 Å². The Morgan fingerprint density at radius 3 is 2.70 bits per heavy atom. The van der Waals surface area contributed by atoms with E-state index in [9.17, 15) is 13.2 Å². The highest BCUT2D eigenvalue weighted by Gasteiger charge is 2.36. The van der Waals surface area contributed by atoms with Crippen molar-refractivity contribution < 1.29 is 13.2 Å². The van der Waals surface area contributed by atoms with E-state index in [0.29, 0.717) is 16.4 Å². The van der Waals surface area contributed by atoms with Crippen molar-refractivity contribution >= 4 is 27.5 Å². The highest BCUT2D eigenvalue weighted by Crippen LogP contribution is 2.32. The number of halogens is 1. The van der Waals surface area contributed by atoms with Crippen molar-refractivity contribution in [2.75, 3.05) is 6.54 Å². The Balaban J connectivity index is 2.44. The Hall–Kier alpha value is -1.79. The second-order valence-electron chi connectivity index (χ2n) is 4.35. The number of hydrogen-bond acceptors (Lipinski definition) is 3. The molecule has 1 aromatic carbocycles. The predicted molar refractivity (Wildman–Crippen MR) is 74.7 cm³/mol. The first-order valence-corrected chi connectivity index (χ1v) is 7.83. The van der Waals surface area contributed by atoms with Gasteiger partial charge >= 0.3 is 0 Å². The zero-order chi connectivity index (χ0) is 14.5. The van der Waals surface area contributed by atoms with Gasteiger partial charge in [-0.25, -0.2) is 12.7 Å². The van der Waals surface area contributed by atoms with Gasteiger partial charge in [0.25, 0.3) is 15.9 Å². The molecule has 0 saturated carbocycles. The molecule has 0 aliphatic carbocycles. The molecule has 2 heterocycles. The Morgan fingerprint density at radius 1 is 1.25 bits per heavy atom. The molecule has 0 unspecified atom stereocenters. The summed E-state index contributed by atoms with van der Waals surface area (Å²) in [5, 5.41) is 0.312. The molecule has 0 saturated heterocycles. The van der Waals surface area contributed by atoms with Crippen molar-refractivity contribution in [3.63, 3.8) is 0 Å². The third-order valence-corrected chi connectivity index (χ3v) is 5.35. The Morgan fingerprint density at radius 2 is 2.00 bits per heavy atom. The van der Waals surface area contributed by atoms with Crippen LogP contribution in [0.3, 0.4) is 0 Å². The van der Waals surface area contributed by atoms with Gasteiger partial charge in [-0.15, -0.1) is 0 Å². The minimum atomic E-state index is -3.90. The Bertz CT molecular complexity index is 811. The first kappa shape index (κ1) is 13.2. The van der Waals surface area contributed by atoms with Crippen LogP contribution in [0.5, 0.6) is 0 Å². The monoisotopic (exact) mass is 310 g/mol. The van der Waals surface area contributed by atoms with Crippen molar-refractivity contribution in [1.82, 2.24) is 8.87 Å². The van der Waals surface area contributed by atoms with Gasteiger partial charge in [-0.05, 0) is 37.3 Å². The third kappa shape index (κ3) is 1.68. The van der Waals surface area contributed by atoms with E-state index < -0.39 is 15.9 Å².